The second-order valence-corrected chi connectivity index (χ2v) is 7.55. The molecule has 0 saturated heterocycles. The summed E-state index contributed by atoms with van der Waals surface area (Å²) >= 11 is 4.88. The quantitative estimate of drug-likeness (QED) is 0.629. The number of nitrogens with zero attached hydrogens (tertiary/aromatic N) is 1. The number of rotatable bonds is 4. The number of thiazole rings is 1. The molecular weight excluding hydrogens is 388 g/mol. The van der Waals surface area contributed by atoms with Crippen LogP contribution in [-0.4, -0.2) is 18.0 Å². The van der Waals surface area contributed by atoms with Gasteiger partial charge in [0.05, 0.1) is 22.9 Å². The summed E-state index contributed by atoms with van der Waals surface area (Å²) in [6, 6.07) is 11.4. The zero-order valence-electron chi connectivity index (χ0n) is 13.6. The lowest BCUT2D eigenvalue weighted by molar-refractivity contribution is 0.102. The summed E-state index contributed by atoms with van der Waals surface area (Å²) in [5, 5.41) is 3.48. The molecule has 1 heterocycles. The first-order valence-electron chi connectivity index (χ1n) is 7.54. The van der Waals surface area contributed by atoms with Gasteiger partial charge in [-0.3, -0.25) is 10.1 Å². The van der Waals surface area contributed by atoms with Gasteiger partial charge in [-0.2, -0.15) is 0 Å². The minimum absolute atomic E-state index is 0.217. The number of nitrogens with one attached hydrogen (secondary N) is 1. The van der Waals surface area contributed by atoms with Gasteiger partial charge in [0.1, 0.15) is 5.75 Å². The average Bonchev–Trinajstić information content (AvgIpc) is 2.97. The van der Waals surface area contributed by atoms with Crippen molar-refractivity contribution in [1.29, 1.82) is 0 Å². The van der Waals surface area contributed by atoms with Crippen molar-refractivity contribution in [2.45, 2.75) is 19.8 Å². The molecule has 124 valence electrons. The molecule has 0 unspecified atom stereocenters. The Hall–Kier alpha value is -1.92. The van der Waals surface area contributed by atoms with Gasteiger partial charge in [0.25, 0.3) is 5.91 Å². The molecule has 0 fully saturated rings. The van der Waals surface area contributed by atoms with Gasteiger partial charge in [-0.15, -0.1) is 0 Å². The van der Waals surface area contributed by atoms with Crippen LogP contribution in [0.1, 0.15) is 35.7 Å². The van der Waals surface area contributed by atoms with Crippen LogP contribution in [0.25, 0.3) is 10.2 Å². The zero-order chi connectivity index (χ0) is 17.3. The predicted molar refractivity (Wildman–Crippen MR) is 102 cm³/mol. The van der Waals surface area contributed by atoms with Gasteiger partial charge in [-0.25, -0.2) is 4.98 Å². The Morgan fingerprint density at radius 3 is 2.79 bits per heavy atom. The first-order chi connectivity index (χ1) is 11.5. The number of methoxy groups -OCH3 is 1. The molecule has 4 nitrogen and oxygen atoms in total. The molecule has 0 aliphatic carbocycles. The molecule has 0 radical (unpaired) electrons. The fraction of sp³-hybridized carbons (Fsp3) is 0.222. The largest absolute Gasteiger partial charge is 0.497 e. The lowest BCUT2D eigenvalue weighted by Crippen LogP contribution is -2.12. The van der Waals surface area contributed by atoms with Gasteiger partial charge in [-0.1, -0.05) is 37.3 Å². The van der Waals surface area contributed by atoms with Crippen LogP contribution in [0.4, 0.5) is 5.13 Å². The van der Waals surface area contributed by atoms with Crippen molar-refractivity contribution in [3.63, 3.8) is 0 Å². The van der Waals surface area contributed by atoms with Gasteiger partial charge < -0.3 is 4.74 Å². The van der Waals surface area contributed by atoms with E-state index in [9.17, 15) is 4.79 Å². The van der Waals surface area contributed by atoms with Crippen LogP contribution in [0.3, 0.4) is 0 Å². The molecule has 3 rings (SSSR count). The van der Waals surface area contributed by atoms with Crippen LogP contribution in [0.15, 0.2) is 40.9 Å². The second-order valence-electron chi connectivity index (χ2n) is 5.67. The van der Waals surface area contributed by atoms with E-state index in [1.165, 1.54) is 16.9 Å². The third-order valence-corrected chi connectivity index (χ3v) is 5.34. The molecule has 0 aliphatic heterocycles. The summed E-state index contributed by atoms with van der Waals surface area (Å²) in [4.78, 5) is 17.2. The maximum atomic E-state index is 12.6. The van der Waals surface area contributed by atoms with Crippen molar-refractivity contribution >= 4 is 48.5 Å². The second kappa shape index (κ2) is 6.91. The van der Waals surface area contributed by atoms with Gasteiger partial charge in [0.15, 0.2) is 5.13 Å². The van der Waals surface area contributed by atoms with E-state index in [1.54, 1.807) is 25.3 Å². The molecule has 3 aromatic rings. The van der Waals surface area contributed by atoms with Crippen molar-refractivity contribution in [3.8, 4) is 5.75 Å². The number of benzene rings is 2. The van der Waals surface area contributed by atoms with Gasteiger partial charge >= 0.3 is 0 Å². The molecule has 2 aromatic carbocycles. The monoisotopic (exact) mass is 404 g/mol. The number of aromatic nitrogens is 1. The number of fused-ring (bicyclic) bond motifs is 1. The van der Waals surface area contributed by atoms with Crippen molar-refractivity contribution in [1.82, 2.24) is 4.98 Å². The van der Waals surface area contributed by atoms with E-state index in [0.29, 0.717) is 26.8 Å². The van der Waals surface area contributed by atoms with Crippen molar-refractivity contribution < 1.29 is 9.53 Å². The molecule has 6 heteroatoms. The first-order valence-corrected chi connectivity index (χ1v) is 9.15. The number of ether oxygens (including phenoxy) is 1. The summed E-state index contributed by atoms with van der Waals surface area (Å²) < 4.78 is 6.97. The van der Waals surface area contributed by atoms with E-state index in [-0.39, 0.29) is 5.91 Å². The smallest absolute Gasteiger partial charge is 0.258 e. The topological polar surface area (TPSA) is 51.2 Å². The maximum Gasteiger partial charge on any atom is 0.258 e. The Balaban J connectivity index is 1.92. The predicted octanol–water partition coefficient (Wildman–Crippen LogP) is 5.44. The summed E-state index contributed by atoms with van der Waals surface area (Å²) in [5.74, 6) is 0.799. The summed E-state index contributed by atoms with van der Waals surface area (Å²) in [7, 11) is 1.58. The van der Waals surface area contributed by atoms with Crippen molar-refractivity contribution in [3.05, 3.63) is 52.0 Å². The first kappa shape index (κ1) is 16.9. The minimum Gasteiger partial charge on any atom is -0.497 e. The molecule has 0 bridgehead atoms. The SMILES string of the molecule is COc1ccc(Br)c(C(=O)Nc2nc3c(C(C)C)cccc3s2)c1. The number of carbonyl (C=O) groups excluding carboxylic acids is 1. The number of halogens is 1. The molecule has 1 amide bonds. The molecule has 1 aromatic heterocycles. The Kier molecular flexibility index (Phi) is 4.87. The van der Waals surface area contributed by atoms with Crippen LogP contribution < -0.4 is 10.1 Å². The Morgan fingerprint density at radius 1 is 1.29 bits per heavy atom. The van der Waals surface area contributed by atoms with Crippen LogP contribution in [-0.2, 0) is 0 Å². The fourth-order valence-electron chi connectivity index (χ4n) is 2.46. The highest BCUT2D eigenvalue weighted by Gasteiger charge is 2.15. The summed E-state index contributed by atoms with van der Waals surface area (Å²) in [6.07, 6.45) is 0. The van der Waals surface area contributed by atoms with E-state index in [2.05, 4.69) is 46.1 Å². The fourth-order valence-corrected chi connectivity index (χ4v) is 3.78. The van der Waals surface area contributed by atoms with Gasteiger partial charge in [0, 0.05) is 4.47 Å². The number of amides is 1. The molecule has 24 heavy (non-hydrogen) atoms. The highest BCUT2D eigenvalue weighted by atomic mass is 79.9. The minimum atomic E-state index is -0.217. The summed E-state index contributed by atoms with van der Waals surface area (Å²) in [6.45, 7) is 4.28. The lowest BCUT2D eigenvalue weighted by atomic mass is 10.0. The van der Waals surface area contributed by atoms with Crippen molar-refractivity contribution in [2.75, 3.05) is 12.4 Å². The zero-order valence-corrected chi connectivity index (χ0v) is 16.0. The van der Waals surface area contributed by atoms with Crippen molar-refractivity contribution in [2.24, 2.45) is 0 Å². The van der Waals surface area contributed by atoms with E-state index >= 15 is 0 Å². The maximum absolute atomic E-state index is 12.6. The van der Waals surface area contributed by atoms with E-state index in [1.807, 2.05) is 12.1 Å². The number of para-hydroxylation sites is 1. The normalized spacial score (nSPS) is 11.0. The average molecular weight is 405 g/mol. The lowest BCUT2D eigenvalue weighted by Gasteiger charge is -2.07. The molecule has 0 saturated carbocycles. The third kappa shape index (κ3) is 3.30. The van der Waals surface area contributed by atoms with Crippen LogP contribution >= 0.6 is 27.3 Å². The highest BCUT2D eigenvalue weighted by molar-refractivity contribution is 9.10. The van der Waals surface area contributed by atoms with E-state index in [4.69, 9.17) is 4.74 Å². The molecule has 1 N–H and O–H groups in total. The highest BCUT2D eigenvalue weighted by Crippen LogP contribution is 2.32. The standard InChI is InChI=1S/C18H17BrN2O2S/c1-10(2)12-5-4-6-15-16(12)20-18(24-15)21-17(22)13-9-11(23-3)7-8-14(13)19/h4-10H,1-3H3,(H,20,21,22). The summed E-state index contributed by atoms with van der Waals surface area (Å²) in [5.41, 5.74) is 2.65. The number of carbonyl (C=O) groups is 1. The van der Waals surface area contributed by atoms with Crippen LogP contribution in [0, 0.1) is 0 Å². The van der Waals surface area contributed by atoms with Crippen LogP contribution in [0.5, 0.6) is 5.75 Å². The van der Waals surface area contributed by atoms with Crippen LogP contribution in [0.2, 0.25) is 0 Å². The molecular formula is C18H17BrN2O2S. The van der Waals surface area contributed by atoms with Gasteiger partial charge in [0.2, 0.25) is 0 Å². The van der Waals surface area contributed by atoms with Gasteiger partial charge in [-0.05, 0) is 51.7 Å². The number of hydrogen-bond donors (Lipinski definition) is 1. The molecule has 0 spiro atoms. The van der Waals surface area contributed by atoms with E-state index < -0.39 is 0 Å². The Bertz CT molecular complexity index is 905. The van der Waals surface area contributed by atoms with E-state index in [0.717, 1.165) is 10.2 Å². The molecule has 0 atom stereocenters. The number of hydrogen-bond acceptors (Lipinski definition) is 4. The Labute approximate surface area is 153 Å². The Morgan fingerprint density at radius 2 is 2.08 bits per heavy atom. The third-order valence-electron chi connectivity index (χ3n) is 3.71. The number of anilines is 1. The molecule has 0 aliphatic rings.